The second-order valence-corrected chi connectivity index (χ2v) is 3.82. The Morgan fingerprint density at radius 3 is 2.76 bits per heavy atom. The average Bonchev–Trinajstić information content (AvgIpc) is 2.28. The van der Waals surface area contributed by atoms with Gasteiger partial charge >= 0.3 is 11.8 Å². The summed E-state index contributed by atoms with van der Waals surface area (Å²) in [5, 5.41) is 4.75. The number of carbonyl (C=O) groups excluding carboxylic acids is 2. The molecule has 0 aliphatic rings. The third-order valence-electron chi connectivity index (χ3n) is 1.90. The van der Waals surface area contributed by atoms with E-state index in [0.717, 1.165) is 5.56 Å². The van der Waals surface area contributed by atoms with E-state index in [2.05, 4.69) is 27.8 Å². The number of anilines is 1. The standard InChI is InChI=1S/C10H12N4O2S/c1-6-4-12-3-2-7(6)14-10(16)9(15)13-5-8(11)17/h2-4H,5H2,1H3,(H2,11,17)(H,13,15)(H,12,14,16). The molecule has 1 heterocycles. The van der Waals surface area contributed by atoms with Gasteiger partial charge in [-0.2, -0.15) is 0 Å². The summed E-state index contributed by atoms with van der Waals surface area (Å²) < 4.78 is 0. The number of hydrogen-bond acceptors (Lipinski definition) is 4. The first-order chi connectivity index (χ1) is 8.00. The lowest BCUT2D eigenvalue weighted by atomic mass is 10.2. The van der Waals surface area contributed by atoms with Crippen LogP contribution in [0.25, 0.3) is 0 Å². The highest BCUT2D eigenvalue weighted by atomic mass is 32.1. The van der Waals surface area contributed by atoms with Crippen LogP contribution in [-0.2, 0) is 9.59 Å². The van der Waals surface area contributed by atoms with E-state index < -0.39 is 11.8 Å². The Kier molecular flexibility index (Phi) is 4.53. The van der Waals surface area contributed by atoms with Gasteiger partial charge in [0.2, 0.25) is 0 Å². The van der Waals surface area contributed by atoms with Crippen molar-refractivity contribution in [3.05, 3.63) is 24.0 Å². The van der Waals surface area contributed by atoms with Crippen molar-refractivity contribution in [2.45, 2.75) is 6.92 Å². The van der Waals surface area contributed by atoms with E-state index in [1.54, 1.807) is 19.2 Å². The first-order valence-corrected chi connectivity index (χ1v) is 5.19. The van der Waals surface area contributed by atoms with Crippen molar-refractivity contribution in [2.24, 2.45) is 5.73 Å². The molecule has 0 atom stereocenters. The number of amides is 2. The highest BCUT2D eigenvalue weighted by Crippen LogP contribution is 2.10. The van der Waals surface area contributed by atoms with Crippen LogP contribution in [0.2, 0.25) is 0 Å². The van der Waals surface area contributed by atoms with Gasteiger partial charge in [-0.25, -0.2) is 0 Å². The summed E-state index contributed by atoms with van der Waals surface area (Å²) in [5.41, 5.74) is 6.50. The van der Waals surface area contributed by atoms with Crippen molar-refractivity contribution in [2.75, 3.05) is 11.9 Å². The van der Waals surface area contributed by atoms with Crippen LogP contribution >= 0.6 is 12.2 Å². The molecule has 2 amide bonds. The van der Waals surface area contributed by atoms with Gasteiger partial charge in [0.1, 0.15) is 0 Å². The van der Waals surface area contributed by atoms with Crippen LogP contribution in [0.4, 0.5) is 5.69 Å². The van der Waals surface area contributed by atoms with Crippen molar-refractivity contribution in [3.63, 3.8) is 0 Å². The molecule has 1 rings (SSSR count). The summed E-state index contributed by atoms with van der Waals surface area (Å²) >= 11 is 4.57. The number of thiocarbonyl (C=S) groups is 1. The first-order valence-electron chi connectivity index (χ1n) is 4.79. The maximum absolute atomic E-state index is 11.4. The van der Waals surface area contributed by atoms with Gasteiger partial charge in [0.25, 0.3) is 0 Å². The maximum Gasteiger partial charge on any atom is 0.313 e. The Labute approximate surface area is 104 Å². The number of carbonyl (C=O) groups is 2. The molecule has 4 N–H and O–H groups in total. The lowest BCUT2D eigenvalue weighted by Crippen LogP contribution is -2.39. The molecule has 17 heavy (non-hydrogen) atoms. The van der Waals surface area contributed by atoms with Gasteiger partial charge in [0, 0.05) is 18.1 Å². The molecule has 6 nitrogen and oxygen atoms in total. The molecular formula is C10H12N4O2S. The molecule has 0 bridgehead atoms. The Balaban J connectivity index is 2.58. The number of aryl methyl sites for hydroxylation is 1. The minimum Gasteiger partial charge on any atom is -0.392 e. The molecule has 90 valence electrons. The van der Waals surface area contributed by atoms with Crippen LogP contribution < -0.4 is 16.4 Å². The zero-order chi connectivity index (χ0) is 12.8. The molecule has 1 aromatic rings. The zero-order valence-corrected chi connectivity index (χ0v) is 10.0. The van der Waals surface area contributed by atoms with Crippen molar-refractivity contribution in [1.82, 2.24) is 10.3 Å². The quantitative estimate of drug-likeness (QED) is 0.508. The largest absolute Gasteiger partial charge is 0.392 e. The molecule has 0 fully saturated rings. The minimum absolute atomic E-state index is 0.00306. The summed E-state index contributed by atoms with van der Waals surface area (Å²) in [7, 11) is 0. The number of hydrogen-bond donors (Lipinski definition) is 3. The Hall–Kier alpha value is -2.02. The van der Waals surface area contributed by atoms with Crippen molar-refractivity contribution in [3.8, 4) is 0 Å². The van der Waals surface area contributed by atoms with Crippen LogP contribution in [0, 0.1) is 6.92 Å². The lowest BCUT2D eigenvalue weighted by molar-refractivity contribution is -0.135. The van der Waals surface area contributed by atoms with E-state index in [1.165, 1.54) is 6.20 Å². The molecular weight excluding hydrogens is 240 g/mol. The van der Waals surface area contributed by atoms with Crippen molar-refractivity contribution >= 4 is 34.7 Å². The predicted molar refractivity (Wildman–Crippen MR) is 67.4 cm³/mol. The summed E-state index contributed by atoms with van der Waals surface area (Å²) in [6.07, 6.45) is 3.11. The number of nitrogens with zero attached hydrogens (tertiary/aromatic N) is 1. The average molecular weight is 252 g/mol. The monoisotopic (exact) mass is 252 g/mol. The lowest BCUT2D eigenvalue weighted by Gasteiger charge is -2.07. The molecule has 0 aliphatic heterocycles. The van der Waals surface area contributed by atoms with Gasteiger partial charge in [-0.1, -0.05) is 12.2 Å². The zero-order valence-electron chi connectivity index (χ0n) is 9.19. The van der Waals surface area contributed by atoms with Gasteiger partial charge in [-0.3, -0.25) is 14.6 Å². The number of aromatic nitrogens is 1. The third-order valence-corrected chi connectivity index (χ3v) is 2.04. The Morgan fingerprint density at radius 1 is 1.47 bits per heavy atom. The number of pyridine rings is 1. The number of nitrogens with two attached hydrogens (primary N) is 1. The fraction of sp³-hybridized carbons (Fsp3) is 0.200. The highest BCUT2D eigenvalue weighted by Gasteiger charge is 2.14. The fourth-order valence-corrected chi connectivity index (χ4v) is 1.11. The summed E-state index contributed by atoms with van der Waals surface area (Å²) in [4.78, 5) is 26.7. The molecule has 0 saturated heterocycles. The summed E-state index contributed by atoms with van der Waals surface area (Å²) in [5.74, 6) is -1.55. The summed E-state index contributed by atoms with van der Waals surface area (Å²) in [6.45, 7) is 1.77. The molecule has 1 aromatic heterocycles. The maximum atomic E-state index is 11.4. The normalized spacial score (nSPS) is 9.47. The van der Waals surface area contributed by atoms with Gasteiger partial charge in [0.15, 0.2) is 0 Å². The topological polar surface area (TPSA) is 97.1 Å². The molecule has 0 aromatic carbocycles. The number of rotatable bonds is 3. The van der Waals surface area contributed by atoms with Crippen LogP contribution in [0.3, 0.4) is 0 Å². The van der Waals surface area contributed by atoms with Crippen LogP contribution in [-0.4, -0.2) is 28.3 Å². The second-order valence-electron chi connectivity index (χ2n) is 3.29. The second kappa shape index (κ2) is 5.90. The highest BCUT2D eigenvalue weighted by molar-refractivity contribution is 7.80. The Bertz CT molecular complexity index is 461. The van der Waals surface area contributed by atoms with Crippen LogP contribution in [0.1, 0.15) is 5.56 Å². The van der Waals surface area contributed by atoms with Gasteiger partial charge < -0.3 is 16.4 Å². The van der Waals surface area contributed by atoms with Crippen molar-refractivity contribution < 1.29 is 9.59 Å². The van der Waals surface area contributed by atoms with Gasteiger partial charge in [-0.05, 0) is 18.6 Å². The smallest absolute Gasteiger partial charge is 0.313 e. The molecule has 7 heteroatoms. The first kappa shape index (κ1) is 13.0. The van der Waals surface area contributed by atoms with E-state index in [9.17, 15) is 9.59 Å². The SMILES string of the molecule is Cc1cnccc1NC(=O)C(=O)NCC(N)=S. The Morgan fingerprint density at radius 2 is 2.18 bits per heavy atom. The fourth-order valence-electron chi connectivity index (χ4n) is 1.04. The number of nitrogens with one attached hydrogen (secondary N) is 2. The van der Waals surface area contributed by atoms with E-state index >= 15 is 0 Å². The summed E-state index contributed by atoms with van der Waals surface area (Å²) in [6, 6.07) is 1.61. The van der Waals surface area contributed by atoms with E-state index in [-0.39, 0.29) is 11.5 Å². The molecule has 0 radical (unpaired) electrons. The van der Waals surface area contributed by atoms with Crippen LogP contribution in [0.15, 0.2) is 18.5 Å². The van der Waals surface area contributed by atoms with Gasteiger partial charge in [-0.15, -0.1) is 0 Å². The van der Waals surface area contributed by atoms with Crippen molar-refractivity contribution in [1.29, 1.82) is 0 Å². The van der Waals surface area contributed by atoms with Gasteiger partial charge in [0.05, 0.1) is 11.5 Å². The third kappa shape index (κ3) is 4.15. The predicted octanol–water partition coefficient (Wildman–Crippen LogP) is -0.269. The minimum atomic E-state index is -0.783. The molecule has 0 aliphatic carbocycles. The van der Waals surface area contributed by atoms with Crippen LogP contribution in [0.5, 0.6) is 0 Å². The molecule has 0 saturated carbocycles. The van der Waals surface area contributed by atoms with E-state index in [1.807, 2.05) is 0 Å². The van der Waals surface area contributed by atoms with E-state index in [4.69, 9.17) is 5.73 Å². The van der Waals surface area contributed by atoms with E-state index in [0.29, 0.717) is 5.69 Å². The molecule has 0 unspecified atom stereocenters. The molecule has 0 spiro atoms.